The number of esters is 2. The maximum Gasteiger partial charge on any atom is 0.309 e. The summed E-state index contributed by atoms with van der Waals surface area (Å²) in [6.45, 7) is 4.27. The van der Waals surface area contributed by atoms with E-state index < -0.39 is 5.41 Å². The number of hydrogen-bond acceptors (Lipinski definition) is 5. The predicted octanol–water partition coefficient (Wildman–Crippen LogP) is 2.97. The zero-order valence-corrected chi connectivity index (χ0v) is 14.1. The average Bonchev–Trinajstić information content (AvgIpc) is 3.03. The van der Waals surface area contributed by atoms with E-state index >= 15 is 0 Å². The first-order valence-electron chi connectivity index (χ1n) is 8.58. The Hall–Kier alpha value is -1.65. The number of allylic oxidation sites excluding steroid dienone is 1. The van der Waals surface area contributed by atoms with E-state index in [2.05, 4.69) is 0 Å². The Labute approximate surface area is 137 Å². The maximum atomic E-state index is 12.9. The van der Waals surface area contributed by atoms with E-state index in [-0.39, 0.29) is 24.1 Å². The van der Waals surface area contributed by atoms with Crippen LogP contribution in [0.2, 0.25) is 0 Å². The zero-order chi connectivity index (χ0) is 16.9. The number of rotatable bonds is 7. The molecule has 0 aromatic heterocycles. The monoisotopic (exact) mass is 322 g/mol. The van der Waals surface area contributed by atoms with Crippen molar-refractivity contribution in [3.05, 3.63) is 11.6 Å². The van der Waals surface area contributed by atoms with E-state index in [1.54, 1.807) is 19.9 Å². The molecule has 2 rings (SSSR count). The van der Waals surface area contributed by atoms with E-state index in [0.717, 1.165) is 31.3 Å². The van der Waals surface area contributed by atoms with Crippen LogP contribution in [-0.4, -0.2) is 30.9 Å². The Morgan fingerprint density at radius 3 is 2.61 bits per heavy atom. The molecule has 5 nitrogen and oxygen atoms in total. The lowest BCUT2D eigenvalue weighted by Gasteiger charge is -2.26. The lowest BCUT2D eigenvalue weighted by atomic mass is 9.75. The summed E-state index contributed by atoms with van der Waals surface area (Å²) >= 11 is 0. The van der Waals surface area contributed by atoms with Crippen molar-refractivity contribution in [2.45, 2.75) is 58.8 Å². The second kappa shape index (κ2) is 7.75. The molecule has 2 fully saturated rings. The molecule has 2 aliphatic rings. The van der Waals surface area contributed by atoms with Gasteiger partial charge < -0.3 is 9.47 Å². The van der Waals surface area contributed by atoms with E-state index in [4.69, 9.17) is 9.47 Å². The van der Waals surface area contributed by atoms with Gasteiger partial charge in [0.2, 0.25) is 0 Å². The van der Waals surface area contributed by atoms with Crippen molar-refractivity contribution in [1.82, 2.24) is 0 Å². The molecule has 0 aliphatic heterocycles. The highest BCUT2D eigenvalue weighted by atomic mass is 16.5. The van der Waals surface area contributed by atoms with Crippen LogP contribution in [0.15, 0.2) is 11.6 Å². The van der Waals surface area contributed by atoms with Crippen LogP contribution in [-0.2, 0) is 23.9 Å². The Bertz CT molecular complexity index is 508. The van der Waals surface area contributed by atoms with Crippen LogP contribution in [0.5, 0.6) is 0 Å². The highest BCUT2D eigenvalue weighted by Crippen LogP contribution is 2.56. The molecule has 0 aromatic rings. The summed E-state index contributed by atoms with van der Waals surface area (Å²) in [5, 5.41) is 0. The summed E-state index contributed by atoms with van der Waals surface area (Å²) < 4.78 is 9.89. The third-order valence-corrected chi connectivity index (χ3v) is 5.07. The fourth-order valence-corrected chi connectivity index (χ4v) is 4.02. The molecule has 0 saturated heterocycles. The van der Waals surface area contributed by atoms with Gasteiger partial charge in [-0.15, -0.1) is 0 Å². The van der Waals surface area contributed by atoms with Gasteiger partial charge in [-0.1, -0.05) is 12.5 Å². The van der Waals surface area contributed by atoms with Gasteiger partial charge in [0.25, 0.3) is 0 Å². The molecular formula is C18H26O5. The summed E-state index contributed by atoms with van der Waals surface area (Å²) in [4.78, 5) is 36.0. The number of carbonyl (C=O) groups is 3. The van der Waals surface area contributed by atoms with Crippen molar-refractivity contribution in [2.75, 3.05) is 13.2 Å². The Kier molecular flexibility index (Phi) is 5.97. The van der Waals surface area contributed by atoms with Crippen molar-refractivity contribution < 1.29 is 23.9 Å². The highest BCUT2D eigenvalue weighted by molar-refractivity contribution is 6.03. The first-order valence-corrected chi connectivity index (χ1v) is 8.58. The molecule has 0 aromatic carbocycles. The lowest BCUT2D eigenvalue weighted by molar-refractivity contribution is -0.144. The van der Waals surface area contributed by atoms with Gasteiger partial charge in [0.1, 0.15) is 0 Å². The Balaban J connectivity index is 2.04. The summed E-state index contributed by atoms with van der Waals surface area (Å²) in [6, 6.07) is 0. The van der Waals surface area contributed by atoms with Gasteiger partial charge in [0.05, 0.1) is 19.6 Å². The summed E-state index contributed by atoms with van der Waals surface area (Å²) in [5.74, 6) is -0.0961. The molecule has 0 unspecified atom stereocenters. The molecule has 23 heavy (non-hydrogen) atoms. The Morgan fingerprint density at radius 1 is 1.22 bits per heavy atom. The first-order chi connectivity index (χ1) is 11.0. The van der Waals surface area contributed by atoms with Gasteiger partial charge in [-0.2, -0.15) is 0 Å². The van der Waals surface area contributed by atoms with Gasteiger partial charge in [-0.3, -0.25) is 14.4 Å². The lowest BCUT2D eigenvalue weighted by Crippen LogP contribution is -2.29. The highest BCUT2D eigenvalue weighted by Gasteiger charge is 2.54. The molecule has 2 atom stereocenters. The maximum absolute atomic E-state index is 12.9. The van der Waals surface area contributed by atoms with Crippen molar-refractivity contribution in [3.8, 4) is 0 Å². The van der Waals surface area contributed by atoms with Crippen molar-refractivity contribution in [2.24, 2.45) is 11.3 Å². The van der Waals surface area contributed by atoms with Gasteiger partial charge in [0.15, 0.2) is 5.78 Å². The van der Waals surface area contributed by atoms with Crippen molar-refractivity contribution in [3.63, 3.8) is 0 Å². The fraction of sp³-hybridized carbons (Fsp3) is 0.722. The number of Topliss-reactive ketones (excluding diaryl/α,β-unsaturated/α-hetero) is 1. The molecule has 5 heteroatoms. The topological polar surface area (TPSA) is 69.7 Å². The number of ether oxygens (including phenoxy) is 2. The molecule has 2 saturated carbocycles. The minimum atomic E-state index is -0.409. The molecule has 0 N–H and O–H groups in total. The molecule has 0 heterocycles. The summed E-state index contributed by atoms with van der Waals surface area (Å²) in [6.07, 6.45) is 6.34. The molecule has 2 aliphatic carbocycles. The molecule has 128 valence electrons. The van der Waals surface area contributed by atoms with Crippen LogP contribution in [0.25, 0.3) is 0 Å². The second-order valence-electron chi connectivity index (χ2n) is 6.32. The van der Waals surface area contributed by atoms with Gasteiger partial charge in [-0.25, -0.2) is 0 Å². The zero-order valence-electron chi connectivity index (χ0n) is 14.1. The van der Waals surface area contributed by atoms with Crippen molar-refractivity contribution in [1.29, 1.82) is 0 Å². The summed E-state index contributed by atoms with van der Waals surface area (Å²) in [5.41, 5.74) is 0.333. The first kappa shape index (κ1) is 17.7. The third kappa shape index (κ3) is 3.82. The van der Waals surface area contributed by atoms with Crippen LogP contribution in [0.1, 0.15) is 58.8 Å². The standard InChI is InChI=1S/C18H26O5/c1-3-22-15(19)8-7-13-12-14-6-5-10-18(14,17(13)21)11-9-16(20)23-4-2/h7,14H,3-6,8-12H2,1-2H3/b13-7-/t14-,18+/m0/s1. The Morgan fingerprint density at radius 2 is 1.91 bits per heavy atom. The van der Waals surface area contributed by atoms with Gasteiger partial charge in [-0.05, 0) is 51.0 Å². The summed E-state index contributed by atoms with van der Waals surface area (Å²) in [7, 11) is 0. The van der Waals surface area contributed by atoms with Crippen LogP contribution in [0.3, 0.4) is 0 Å². The van der Waals surface area contributed by atoms with E-state index in [9.17, 15) is 14.4 Å². The molecule has 0 amide bonds. The van der Waals surface area contributed by atoms with E-state index in [1.807, 2.05) is 0 Å². The second-order valence-corrected chi connectivity index (χ2v) is 6.32. The number of ketones is 1. The SMILES string of the molecule is CCOC(=O)C/C=C1/C[C@@H]2CCC[C@]2(CCC(=O)OCC)C1=O. The quantitative estimate of drug-likeness (QED) is 0.532. The normalized spacial score (nSPS) is 28.0. The van der Waals surface area contributed by atoms with E-state index in [0.29, 0.717) is 32.0 Å². The smallest absolute Gasteiger partial charge is 0.309 e. The van der Waals surface area contributed by atoms with Crippen LogP contribution >= 0.6 is 0 Å². The molecule has 0 bridgehead atoms. The van der Waals surface area contributed by atoms with Gasteiger partial charge >= 0.3 is 11.9 Å². The van der Waals surface area contributed by atoms with Crippen LogP contribution < -0.4 is 0 Å². The minimum Gasteiger partial charge on any atom is -0.466 e. The largest absolute Gasteiger partial charge is 0.466 e. The van der Waals surface area contributed by atoms with E-state index in [1.165, 1.54) is 0 Å². The minimum absolute atomic E-state index is 0.133. The fourth-order valence-electron chi connectivity index (χ4n) is 4.02. The average molecular weight is 322 g/mol. The molecule has 0 spiro atoms. The molecular weight excluding hydrogens is 296 g/mol. The van der Waals surface area contributed by atoms with Crippen LogP contribution in [0.4, 0.5) is 0 Å². The third-order valence-electron chi connectivity index (χ3n) is 5.07. The number of carbonyl (C=O) groups excluding carboxylic acids is 3. The van der Waals surface area contributed by atoms with Crippen LogP contribution in [0, 0.1) is 11.3 Å². The number of hydrogen-bond donors (Lipinski definition) is 0. The molecule has 0 radical (unpaired) electrons. The number of fused-ring (bicyclic) bond motifs is 1. The van der Waals surface area contributed by atoms with Crippen molar-refractivity contribution >= 4 is 17.7 Å². The van der Waals surface area contributed by atoms with Gasteiger partial charge in [0, 0.05) is 11.8 Å². The predicted molar refractivity (Wildman–Crippen MR) is 84.6 cm³/mol.